The number of para-hydroxylation sites is 1. The molecule has 23 heavy (non-hydrogen) atoms. The summed E-state index contributed by atoms with van der Waals surface area (Å²) in [4.78, 5) is 12.0. The van der Waals surface area contributed by atoms with Crippen LogP contribution < -0.4 is 15.4 Å². The molecule has 1 aliphatic rings. The number of hydrogen-bond acceptors (Lipinski definition) is 3. The maximum Gasteiger partial charge on any atom is 0.315 e. The lowest BCUT2D eigenvalue weighted by atomic mass is 9.80. The van der Waals surface area contributed by atoms with Crippen molar-refractivity contribution in [2.24, 2.45) is 11.8 Å². The molecule has 0 radical (unpaired) electrons. The third-order valence-electron chi connectivity index (χ3n) is 4.57. The highest BCUT2D eigenvalue weighted by Crippen LogP contribution is 2.28. The molecule has 0 spiro atoms. The zero-order valence-electron chi connectivity index (χ0n) is 13.9. The topological polar surface area (TPSA) is 70.6 Å². The zero-order chi connectivity index (χ0) is 16.5. The predicted octanol–water partition coefficient (Wildman–Crippen LogP) is 2.68. The minimum atomic E-state index is -0.139. The van der Waals surface area contributed by atoms with Crippen molar-refractivity contribution >= 4 is 6.03 Å². The van der Waals surface area contributed by atoms with Gasteiger partial charge in [0, 0.05) is 18.7 Å². The first-order chi connectivity index (χ1) is 11.2. The molecule has 2 unspecified atom stereocenters. The highest BCUT2D eigenvalue weighted by atomic mass is 16.5. The SMILES string of the molecule is CC1CCCCC1CNC(=O)NCc1ccccc1OCCO. The van der Waals surface area contributed by atoms with Crippen LogP contribution in [-0.4, -0.2) is 30.9 Å². The Kier molecular flexibility index (Phi) is 7.20. The van der Waals surface area contributed by atoms with Crippen LogP contribution in [0.2, 0.25) is 0 Å². The van der Waals surface area contributed by atoms with Gasteiger partial charge in [-0.3, -0.25) is 0 Å². The molecule has 1 aromatic rings. The molecule has 2 amide bonds. The van der Waals surface area contributed by atoms with Crippen LogP contribution in [0.4, 0.5) is 4.79 Å². The van der Waals surface area contributed by atoms with E-state index in [4.69, 9.17) is 9.84 Å². The van der Waals surface area contributed by atoms with Gasteiger partial charge in [0.1, 0.15) is 12.4 Å². The van der Waals surface area contributed by atoms with Gasteiger partial charge in [-0.1, -0.05) is 44.4 Å². The maximum absolute atomic E-state index is 12.0. The number of nitrogens with one attached hydrogen (secondary N) is 2. The normalized spacial score (nSPS) is 20.8. The van der Waals surface area contributed by atoms with Crippen LogP contribution in [-0.2, 0) is 6.54 Å². The van der Waals surface area contributed by atoms with Gasteiger partial charge >= 0.3 is 6.03 Å². The number of hydrogen-bond donors (Lipinski definition) is 3. The molecule has 5 nitrogen and oxygen atoms in total. The lowest BCUT2D eigenvalue weighted by Crippen LogP contribution is -2.39. The molecule has 1 fully saturated rings. The van der Waals surface area contributed by atoms with Crippen molar-refractivity contribution < 1.29 is 14.6 Å². The van der Waals surface area contributed by atoms with Crippen LogP contribution in [0.25, 0.3) is 0 Å². The first-order valence-corrected chi connectivity index (χ1v) is 8.54. The number of amides is 2. The number of aliphatic hydroxyl groups is 1. The highest BCUT2D eigenvalue weighted by molar-refractivity contribution is 5.73. The molecule has 1 aliphatic carbocycles. The van der Waals surface area contributed by atoms with E-state index < -0.39 is 0 Å². The van der Waals surface area contributed by atoms with Crippen molar-refractivity contribution in [3.63, 3.8) is 0 Å². The Morgan fingerprint density at radius 1 is 1.26 bits per heavy atom. The largest absolute Gasteiger partial charge is 0.491 e. The molecule has 5 heteroatoms. The summed E-state index contributed by atoms with van der Waals surface area (Å²) in [6, 6.07) is 7.40. The Morgan fingerprint density at radius 2 is 2.04 bits per heavy atom. The molecule has 0 aromatic heterocycles. The van der Waals surface area contributed by atoms with E-state index >= 15 is 0 Å². The Hall–Kier alpha value is -1.75. The van der Waals surface area contributed by atoms with Gasteiger partial charge < -0.3 is 20.5 Å². The summed E-state index contributed by atoms with van der Waals surface area (Å²) in [6.07, 6.45) is 5.06. The molecule has 1 aromatic carbocycles. The van der Waals surface area contributed by atoms with Gasteiger partial charge in [0.15, 0.2) is 0 Å². The van der Waals surface area contributed by atoms with Crippen LogP contribution in [0.3, 0.4) is 0 Å². The summed E-state index contributed by atoms with van der Waals surface area (Å²) >= 11 is 0. The second-order valence-electron chi connectivity index (χ2n) is 6.27. The Morgan fingerprint density at radius 3 is 2.83 bits per heavy atom. The van der Waals surface area contributed by atoms with Crippen molar-refractivity contribution in [2.75, 3.05) is 19.8 Å². The minimum Gasteiger partial charge on any atom is -0.491 e. The van der Waals surface area contributed by atoms with Crippen molar-refractivity contribution in [3.05, 3.63) is 29.8 Å². The summed E-state index contributed by atoms with van der Waals surface area (Å²) in [7, 11) is 0. The van der Waals surface area contributed by atoms with Gasteiger partial charge in [0.05, 0.1) is 6.61 Å². The van der Waals surface area contributed by atoms with E-state index in [-0.39, 0.29) is 19.2 Å². The van der Waals surface area contributed by atoms with Crippen molar-refractivity contribution in [1.82, 2.24) is 10.6 Å². The molecule has 128 valence electrons. The monoisotopic (exact) mass is 320 g/mol. The molecular formula is C18H28N2O3. The molecular weight excluding hydrogens is 292 g/mol. The maximum atomic E-state index is 12.0. The molecule has 3 N–H and O–H groups in total. The smallest absolute Gasteiger partial charge is 0.315 e. The Balaban J connectivity index is 1.75. The second kappa shape index (κ2) is 9.40. The van der Waals surface area contributed by atoms with Gasteiger partial charge in [-0.2, -0.15) is 0 Å². The molecule has 0 saturated heterocycles. The molecule has 1 saturated carbocycles. The number of urea groups is 1. The molecule has 2 rings (SSSR count). The number of benzene rings is 1. The number of carbonyl (C=O) groups is 1. The van der Waals surface area contributed by atoms with Crippen LogP contribution in [0.15, 0.2) is 24.3 Å². The van der Waals surface area contributed by atoms with Gasteiger partial charge in [-0.15, -0.1) is 0 Å². The third-order valence-corrected chi connectivity index (χ3v) is 4.57. The standard InChI is InChI=1S/C18H28N2O3/c1-14-6-2-3-7-15(14)12-19-18(22)20-13-16-8-4-5-9-17(16)23-11-10-21/h4-5,8-9,14-15,21H,2-3,6-7,10-13H2,1H3,(H2,19,20,22). The lowest BCUT2D eigenvalue weighted by Gasteiger charge is -2.28. The van der Waals surface area contributed by atoms with E-state index in [0.717, 1.165) is 12.1 Å². The van der Waals surface area contributed by atoms with Crippen molar-refractivity contribution in [1.29, 1.82) is 0 Å². The fourth-order valence-corrected chi connectivity index (χ4v) is 3.10. The fraction of sp³-hybridized carbons (Fsp3) is 0.611. The first-order valence-electron chi connectivity index (χ1n) is 8.54. The summed E-state index contributed by atoms with van der Waals surface area (Å²) < 4.78 is 5.47. The van der Waals surface area contributed by atoms with Gasteiger partial charge in [0.2, 0.25) is 0 Å². The van der Waals surface area contributed by atoms with E-state index in [1.165, 1.54) is 25.7 Å². The van der Waals surface area contributed by atoms with Gasteiger partial charge in [0.25, 0.3) is 0 Å². The average molecular weight is 320 g/mol. The van der Waals surface area contributed by atoms with Crippen molar-refractivity contribution in [2.45, 2.75) is 39.2 Å². The van der Waals surface area contributed by atoms with Crippen LogP contribution >= 0.6 is 0 Å². The number of rotatable bonds is 7. The average Bonchev–Trinajstić information content (AvgIpc) is 2.58. The number of aliphatic hydroxyl groups excluding tert-OH is 1. The molecule has 2 atom stereocenters. The van der Waals surface area contributed by atoms with E-state index in [0.29, 0.717) is 24.1 Å². The van der Waals surface area contributed by atoms with Crippen LogP contribution in [0.5, 0.6) is 5.75 Å². The lowest BCUT2D eigenvalue weighted by molar-refractivity contribution is 0.200. The summed E-state index contributed by atoms with van der Waals surface area (Å²) in [5.41, 5.74) is 0.905. The number of carbonyl (C=O) groups excluding carboxylic acids is 1. The Labute approximate surface area is 138 Å². The Bertz CT molecular complexity index is 493. The van der Waals surface area contributed by atoms with E-state index in [1.807, 2.05) is 24.3 Å². The zero-order valence-corrected chi connectivity index (χ0v) is 13.9. The van der Waals surface area contributed by atoms with Crippen LogP contribution in [0, 0.1) is 11.8 Å². The number of ether oxygens (including phenoxy) is 1. The quantitative estimate of drug-likeness (QED) is 0.723. The summed E-state index contributed by atoms with van der Waals surface area (Å²) in [6.45, 7) is 3.66. The van der Waals surface area contributed by atoms with E-state index in [2.05, 4.69) is 17.6 Å². The summed E-state index contributed by atoms with van der Waals surface area (Å²) in [5.74, 6) is 1.98. The molecule has 0 heterocycles. The van der Waals surface area contributed by atoms with Gasteiger partial charge in [-0.25, -0.2) is 4.79 Å². The van der Waals surface area contributed by atoms with Crippen LogP contribution in [0.1, 0.15) is 38.2 Å². The van der Waals surface area contributed by atoms with Crippen molar-refractivity contribution in [3.8, 4) is 5.75 Å². The molecule has 0 aliphatic heterocycles. The predicted molar refractivity (Wildman–Crippen MR) is 90.4 cm³/mol. The van der Waals surface area contributed by atoms with E-state index in [1.54, 1.807) is 0 Å². The highest BCUT2D eigenvalue weighted by Gasteiger charge is 2.21. The van der Waals surface area contributed by atoms with Gasteiger partial charge in [-0.05, 0) is 24.3 Å². The fourth-order valence-electron chi connectivity index (χ4n) is 3.10. The van der Waals surface area contributed by atoms with E-state index in [9.17, 15) is 4.79 Å². The second-order valence-corrected chi connectivity index (χ2v) is 6.27. The molecule has 0 bridgehead atoms. The first kappa shape index (κ1) is 17.6. The summed E-state index contributed by atoms with van der Waals surface area (Å²) in [5, 5.41) is 14.7. The third kappa shape index (κ3) is 5.75. The minimum absolute atomic E-state index is 0.0260.